The van der Waals surface area contributed by atoms with E-state index in [-0.39, 0.29) is 16.9 Å². The average molecular weight is 313 g/mol. The summed E-state index contributed by atoms with van der Waals surface area (Å²) in [6, 6.07) is 10.5. The fourth-order valence-corrected chi connectivity index (χ4v) is 2.34. The van der Waals surface area contributed by atoms with Gasteiger partial charge in [-0.25, -0.2) is 4.98 Å². The highest BCUT2D eigenvalue weighted by Crippen LogP contribution is 2.37. The Morgan fingerprint density at radius 2 is 1.76 bits per heavy atom. The maximum atomic E-state index is 12.8. The van der Waals surface area contributed by atoms with Crippen LogP contribution in [0.1, 0.15) is 5.56 Å². The topological polar surface area (TPSA) is 38.0 Å². The Morgan fingerprint density at radius 1 is 1.10 bits per heavy atom. The van der Waals surface area contributed by atoms with E-state index in [0.29, 0.717) is 5.56 Å². The van der Waals surface area contributed by atoms with E-state index in [9.17, 15) is 18.4 Å². The second kappa shape index (κ2) is 4.66. The Kier molecular flexibility index (Phi) is 3.06. The zero-order valence-electron chi connectivity index (χ0n) is 10.4. The van der Waals surface area contributed by atoms with Crippen molar-refractivity contribution in [1.29, 1.82) is 0 Å². The number of imidazole rings is 1. The van der Waals surface area contributed by atoms with Gasteiger partial charge in [-0.15, -0.1) is 0 Å². The number of fused-ring (bicyclic) bond motifs is 1. The van der Waals surface area contributed by atoms with Crippen molar-refractivity contribution in [2.75, 3.05) is 0 Å². The van der Waals surface area contributed by atoms with Crippen LogP contribution < -0.4 is 0 Å². The number of alkyl halides is 3. The molecule has 0 atom stereocenters. The third-order valence-corrected chi connectivity index (χ3v) is 3.37. The van der Waals surface area contributed by atoms with Crippen LogP contribution in [0.3, 0.4) is 0 Å². The highest BCUT2D eigenvalue weighted by molar-refractivity contribution is 6.32. The lowest BCUT2D eigenvalue weighted by molar-refractivity contribution is -0.137. The molecule has 0 amide bonds. The predicted octanol–water partition coefficient (Wildman–Crippen LogP) is 4.61. The molecule has 0 aliphatic rings. The van der Waals surface area contributed by atoms with Gasteiger partial charge in [-0.1, -0.05) is 41.9 Å². The van der Waals surface area contributed by atoms with Gasteiger partial charge < -0.3 is 5.21 Å². The van der Waals surface area contributed by atoms with Crippen LogP contribution in [0.2, 0.25) is 5.02 Å². The molecule has 3 aromatic rings. The minimum Gasteiger partial charge on any atom is -0.426 e. The van der Waals surface area contributed by atoms with Crippen LogP contribution in [0.25, 0.3) is 22.4 Å². The SMILES string of the molecule is On1c(-c2ccccc2)nc2cc(C(F)(F)F)c(Cl)cc21. The summed E-state index contributed by atoms with van der Waals surface area (Å²) in [4.78, 5) is 4.05. The minimum absolute atomic E-state index is 0.0214. The molecule has 0 aliphatic heterocycles. The molecule has 21 heavy (non-hydrogen) atoms. The fraction of sp³-hybridized carbons (Fsp3) is 0.0714. The highest BCUT2D eigenvalue weighted by atomic mass is 35.5. The van der Waals surface area contributed by atoms with Crippen molar-refractivity contribution in [1.82, 2.24) is 9.71 Å². The molecular weight excluding hydrogens is 305 g/mol. The summed E-state index contributed by atoms with van der Waals surface area (Å²) in [6.45, 7) is 0. The van der Waals surface area contributed by atoms with Crippen molar-refractivity contribution in [2.24, 2.45) is 0 Å². The van der Waals surface area contributed by atoms with Crippen molar-refractivity contribution >= 4 is 22.6 Å². The predicted molar refractivity (Wildman–Crippen MR) is 72.4 cm³/mol. The molecule has 3 nitrogen and oxygen atoms in total. The number of hydrogen-bond donors (Lipinski definition) is 1. The van der Waals surface area contributed by atoms with E-state index in [1.807, 2.05) is 0 Å². The van der Waals surface area contributed by atoms with Gasteiger partial charge in [0.25, 0.3) is 0 Å². The standard InChI is InChI=1S/C14H8ClF3N2O/c15-10-7-12-11(6-9(10)14(16,17)18)19-13(20(12)21)8-4-2-1-3-5-8/h1-7,21H. The van der Waals surface area contributed by atoms with Gasteiger partial charge in [0.15, 0.2) is 5.82 Å². The molecule has 0 saturated heterocycles. The Balaban J connectivity index is 2.26. The maximum absolute atomic E-state index is 12.8. The van der Waals surface area contributed by atoms with E-state index in [1.54, 1.807) is 30.3 Å². The smallest absolute Gasteiger partial charge is 0.417 e. The molecule has 1 N–H and O–H groups in total. The minimum atomic E-state index is -4.57. The summed E-state index contributed by atoms with van der Waals surface area (Å²) in [5, 5.41) is 9.59. The quantitative estimate of drug-likeness (QED) is 0.666. The van der Waals surface area contributed by atoms with Crippen molar-refractivity contribution in [3.63, 3.8) is 0 Å². The van der Waals surface area contributed by atoms with Gasteiger partial charge in [0.2, 0.25) is 0 Å². The molecule has 0 spiro atoms. The maximum Gasteiger partial charge on any atom is 0.417 e. The van der Waals surface area contributed by atoms with Crippen LogP contribution in [-0.2, 0) is 6.18 Å². The largest absolute Gasteiger partial charge is 0.426 e. The molecule has 1 aromatic heterocycles. The Hall–Kier alpha value is -2.21. The van der Waals surface area contributed by atoms with Crippen molar-refractivity contribution in [3.05, 3.63) is 53.1 Å². The lowest BCUT2D eigenvalue weighted by Crippen LogP contribution is -2.05. The highest BCUT2D eigenvalue weighted by Gasteiger charge is 2.34. The second-order valence-electron chi connectivity index (χ2n) is 4.43. The van der Waals surface area contributed by atoms with Gasteiger partial charge in [-0.3, -0.25) is 0 Å². The molecule has 0 bridgehead atoms. The van der Waals surface area contributed by atoms with E-state index < -0.39 is 16.8 Å². The molecule has 1 heterocycles. The number of halogens is 4. The van der Waals surface area contributed by atoms with Crippen LogP contribution >= 0.6 is 11.6 Å². The summed E-state index contributed by atoms with van der Waals surface area (Å²) < 4.78 is 39.2. The van der Waals surface area contributed by atoms with Crippen molar-refractivity contribution in [2.45, 2.75) is 6.18 Å². The third-order valence-electron chi connectivity index (χ3n) is 3.06. The van der Waals surface area contributed by atoms with Crippen molar-refractivity contribution in [3.8, 4) is 11.4 Å². The fourth-order valence-electron chi connectivity index (χ4n) is 2.08. The Labute approximate surface area is 122 Å². The second-order valence-corrected chi connectivity index (χ2v) is 4.84. The Bertz CT molecular complexity index is 812. The van der Waals surface area contributed by atoms with Gasteiger partial charge in [0, 0.05) is 5.56 Å². The number of nitrogens with zero attached hydrogens (tertiary/aromatic N) is 2. The molecule has 3 rings (SSSR count). The molecule has 108 valence electrons. The molecule has 2 aromatic carbocycles. The first-order chi connectivity index (χ1) is 9.88. The lowest BCUT2D eigenvalue weighted by atomic mass is 10.2. The van der Waals surface area contributed by atoms with Gasteiger partial charge in [-0.05, 0) is 12.1 Å². The van der Waals surface area contributed by atoms with E-state index >= 15 is 0 Å². The first-order valence-corrected chi connectivity index (χ1v) is 6.29. The number of benzene rings is 2. The molecule has 0 unspecified atom stereocenters. The normalized spacial score (nSPS) is 12.0. The lowest BCUT2D eigenvalue weighted by Gasteiger charge is -2.08. The van der Waals surface area contributed by atoms with E-state index in [4.69, 9.17) is 11.6 Å². The van der Waals surface area contributed by atoms with Crippen LogP contribution in [0.4, 0.5) is 13.2 Å². The van der Waals surface area contributed by atoms with Gasteiger partial charge in [0.1, 0.15) is 5.52 Å². The van der Waals surface area contributed by atoms with E-state index in [1.165, 1.54) is 0 Å². The average Bonchev–Trinajstić information content (AvgIpc) is 2.75. The number of hydrogen-bond acceptors (Lipinski definition) is 2. The van der Waals surface area contributed by atoms with E-state index in [0.717, 1.165) is 16.9 Å². The molecule has 0 aliphatic carbocycles. The summed E-state index contributed by atoms with van der Waals surface area (Å²) in [7, 11) is 0. The molecule has 7 heteroatoms. The van der Waals surface area contributed by atoms with Crippen LogP contribution in [0.5, 0.6) is 0 Å². The van der Waals surface area contributed by atoms with E-state index in [2.05, 4.69) is 4.98 Å². The summed E-state index contributed by atoms with van der Waals surface area (Å²) >= 11 is 5.64. The zero-order valence-corrected chi connectivity index (χ0v) is 11.2. The number of rotatable bonds is 1. The van der Waals surface area contributed by atoms with Crippen LogP contribution in [-0.4, -0.2) is 14.9 Å². The van der Waals surface area contributed by atoms with Gasteiger partial charge in [-0.2, -0.15) is 17.9 Å². The summed E-state index contributed by atoms with van der Waals surface area (Å²) in [5.41, 5.74) is -0.254. The molecule has 0 radical (unpaired) electrons. The number of aromatic nitrogens is 2. The zero-order chi connectivity index (χ0) is 15.2. The van der Waals surface area contributed by atoms with Gasteiger partial charge >= 0.3 is 6.18 Å². The summed E-state index contributed by atoms with van der Waals surface area (Å²) in [5.74, 6) is 0.154. The first kappa shape index (κ1) is 13.8. The summed E-state index contributed by atoms with van der Waals surface area (Å²) in [6.07, 6.45) is -4.57. The first-order valence-electron chi connectivity index (χ1n) is 5.92. The van der Waals surface area contributed by atoms with Crippen LogP contribution in [0, 0.1) is 0 Å². The third kappa shape index (κ3) is 2.31. The van der Waals surface area contributed by atoms with Crippen LogP contribution in [0.15, 0.2) is 42.5 Å². The molecule has 0 fully saturated rings. The molecule has 0 saturated carbocycles. The van der Waals surface area contributed by atoms with Crippen molar-refractivity contribution < 1.29 is 18.4 Å². The Morgan fingerprint density at radius 3 is 2.38 bits per heavy atom. The molecular formula is C14H8ClF3N2O. The monoisotopic (exact) mass is 312 g/mol. The van der Waals surface area contributed by atoms with Gasteiger partial charge in [0.05, 0.1) is 16.1 Å².